The topological polar surface area (TPSA) is 73.6 Å². The van der Waals surface area contributed by atoms with Gasteiger partial charge in [0.2, 0.25) is 0 Å². The summed E-state index contributed by atoms with van der Waals surface area (Å²) in [5.41, 5.74) is 0.118. The van der Waals surface area contributed by atoms with Crippen molar-refractivity contribution in [1.29, 1.82) is 0 Å². The van der Waals surface area contributed by atoms with Gasteiger partial charge in [0.15, 0.2) is 17.7 Å². The summed E-state index contributed by atoms with van der Waals surface area (Å²) in [7, 11) is 0. The quantitative estimate of drug-likeness (QED) is 0.924. The Labute approximate surface area is 124 Å². The molecule has 1 N–H and O–H groups in total. The van der Waals surface area contributed by atoms with Gasteiger partial charge in [0.1, 0.15) is 0 Å². The average Bonchev–Trinajstić information content (AvgIpc) is 2.93. The number of aromatic carboxylic acids is 1. The summed E-state index contributed by atoms with van der Waals surface area (Å²) in [5, 5.41) is 13.7. The van der Waals surface area contributed by atoms with Crippen molar-refractivity contribution >= 4 is 5.97 Å². The van der Waals surface area contributed by atoms with Gasteiger partial charge in [-0.3, -0.25) is 0 Å². The van der Waals surface area contributed by atoms with Crippen molar-refractivity contribution < 1.29 is 19.4 Å². The van der Waals surface area contributed by atoms with Crippen LogP contribution >= 0.6 is 0 Å². The second kappa shape index (κ2) is 6.47. The van der Waals surface area contributed by atoms with Gasteiger partial charge in [-0.1, -0.05) is 6.42 Å². The number of aromatic nitrogens is 2. The lowest BCUT2D eigenvalue weighted by atomic mass is 9.98. The second-order valence-electron chi connectivity index (χ2n) is 5.81. The van der Waals surface area contributed by atoms with E-state index in [0.29, 0.717) is 12.4 Å². The normalized spacial score (nSPS) is 23.9. The van der Waals surface area contributed by atoms with Crippen molar-refractivity contribution in [2.75, 3.05) is 6.61 Å². The third kappa shape index (κ3) is 3.20. The first-order chi connectivity index (χ1) is 10.3. The van der Waals surface area contributed by atoms with Crippen LogP contribution in [-0.2, 0) is 4.74 Å². The van der Waals surface area contributed by atoms with Crippen LogP contribution in [0.2, 0.25) is 0 Å². The van der Waals surface area contributed by atoms with E-state index in [9.17, 15) is 9.90 Å². The highest BCUT2D eigenvalue weighted by Crippen LogP contribution is 2.30. The van der Waals surface area contributed by atoms with Gasteiger partial charge in [0, 0.05) is 6.61 Å². The first kappa shape index (κ1) is 14.4. The van der Waals surface area contributed by atoms with Gasteiger partial charge in [0.25, 0.3) is 0 Å². The van der Waals surface area contributed by atoms with E-state index >= 15 is 0 Å². The lowest BCUT2D eigenvalue weighted by Crippen LogP contribution is -2.24. The lowest BCUT2D eigenvalue weighted by Gasteiger charge is -2.25. The third-order valence-electron chi connectivity index (χ3n) is 4.24. The molecule has 0 amide bonds. The van der Waals surface area contributed by atoms with Crippen LogP contribution in [-0.4, -0.2) is 33.6 Å². The number of rotatable bonds is 4. The highest BCUT2D eigenvalue weighted by atomic mass is 16.5. The first-order valence-electron chi connectivity index (χ1n) is 7.85. The van der Waals surface area contributed by atoms with E-state index in [1.807, 2.05) is 0 Å². The smallest absolute Gasteiger partial charge is 0.358 e. The van der Waals surface area contributed by atoms with E-state index in [0.717, 1.165) is 44.9 Å². The molecule has 0 radical (unpaired) electrons. The van der Waals surface area contributed by atoms with Gasteiger partial charge in [-0.25, -0.2) is 9.48 Å². The number of nitrogens with zero attached hydrogens (tertiary/aromatic N) is 2. The van der Waals surface area contributed by atoms with Gasteiger partial charge < -0.3 is 14.6 Å². The number of hydrogen-bond acceptors (Lipinski definition) is 4. The molecule has 2 aliphatic rings. The van der Waals surface area contributed by atoms with Crippen LogP contribution in [0, 0.1) is 0 Å². The van der Waals surface area contributed by atoms with Gasteiger partial charge in [-0.05, 0) is 44.9 Å². The zero-order valence-corrected chi connectivity index (χ0v) is 12.2. The maximum atomic E-state index is 11.6. The molecule has 0 spiro atoms. The van der Waals surface area contributed by atoms with Crippen molar-refractivity contribution in [2.24, 2.45) is 0 Å². The van der Waals surface area contributed by atoms with Gasteiger partial charge >= 0.3 is 5.97 Å². The first-order valence-corrected chi connectivity index (χ1v) is 7.85. The fourth-order valence-electron chi connectivity index (χ4n) is 3.13. The second-order valence-corrected chi connectivity index (χ2v) is 5.81. The van der Waals surface area contributed by atoms with Crippen LogP contribution in [0.15, 0.2) is 6.20 Å². The standard InChI is InChI=1S/C15H22N2O4/c18-15(19)14-12(21-11-6-2-1-3-7-11)10-16-17(14)13-8-4-5-9-20-13/h10-11,13H,1-9H2,(H,18,19). The van der Waals surface area contributed by atoms with Crippen LogP contribution < -0.4 is 4.74 Å². The monoisotopic (exact) mass is 294 g/mol. The molecule has 0 bridgehead atoms. The molecular weight excluding hydrogens is 272 g/mol. The molecule has 116 valence electrons. The molecule has 6 heteroatoms. The molecule has 1 saturated heterocycles. The van der Waals surface area contributed by atoms with Crippen molar-refractivity contribution in [2.45, 2.75) is 63.7 Å². The molecule has 2 heterocycles. The summed E-state index contributed by atoms with van der Waals surface area (Å²) in [6.07, 6.45) is 9.71. The van der Waals surface area contributed by atoms with E-state index < -0.39 is 5.97 Å². The van der Waals surface area contributed by atoms with Crippen molar-refractivity contribution in [3.63, 3.8) is 0 Å². The molecule has 1 aliphatic heterocycles. The van der Waals surface area contributed by atoms with Crippen LogP contribution in [0.3, 0.4) is 0 Å². The molecule has 0 aromatic carbocycles. The third-order valence-corrected chi connectivity index (χ3v) is 4.24. The van der Waals surface area contributed by atoms with Crippen molar-refractivity contribution in [1.82, 2.24) is 9.78 Å². The maximum absolute atomic E-state index is 11.6. The summed E-state index contributed by atoms with van der Waals surface area (Å²) < 4.78 is 13.0. The van der Waals surface area contributed by atoms with Gasteiger partial charge in [-0.15, -0.1) is 0 Å². The molecule has 6 nitrogen and oxygen atoms in total. The Morgan fingerprint density at radius 1 is 1.24 bits per heavy atom. The highest BCUT2D eigenvalue weighted by Gasteiger charge is 2.28. The fourth-order valence-corrected chi connectivity index (χ4v) is 3.13. The number of carboxylic acid groups (broad SMARTS) is 1. The largest absolute Gasteiger partial charge is 0.486 e. The Balaban J connectivity index is 1.79. The van der Waals surface area contributed by atoms with Crippen molar-refractivity contribution in [3.05, 3.63) is 11.9 Å². The zero-order chi connectivity index (χ0) is 14.7. The molecular formula is C15H22N2O4. The molecule has 1 atom stereocenters. The Hall–Kier alpha value is -1.56. The Morgan fingerprint density at radius 2 is 2.00 bits per heavy atom. The summed E-state index contributed by atoms with van der Waals surface area (Å²) in [6, 6.07) is 0. The summed E-state index contributed by atoms with van der Waals surface area (Å²) in [6.45, 7) is 0.655. The van der Waals surface area contributed by atoms with E-state index in [4.69, 9.17) is 9.47 Å². The molecule has 21 heavy (non-hydrogen) atoms. The van der Waals surface area contributed by atoms with Gasteiger partial charge in [0.05, 0.1) is 12.3 Å². The van der Waals surface area contributed by atoms with E-state index in [1.54, 1.807) is 0 Å². The zero-order valence-electron chi connectivity index (χ0n) is 12.2. The Bertz CT molecular complexity index is 488. The SMILES string of the molecule is O=C(O)c1c(OC2CCCCC2)cnn1C1CCCCO1. The molecule has 1 aromatic rings. The molecule has 3 rings (SSSR count). The predicted octanol–water partition coefficient (Wildman–Crippen LogP) is 2.99. The number of carbonyl (C=O) groups is 1. The van der Waals surface area contributed by atoms with Crippen LogP contribution in [0.25, 0.3) is 0 Å². The Morgan fingerprint density at radius 3 is 2.67 bits per heavy atom. The minimum absolute atomic E-state index is 0.113. The lowest BCUT2D eigenvalue weighted by molar-refractivity contribution is -0.0415. The average molecular weight is 294 g/mol. The van der Waals surface area contributed by atoms with E-state index in [2.05, 4.69) is 5.10 Å². The van der Waals surface area contributed by atoms with Crippen LogP contribution in [0.5, 0.6) is 5.75 Å². The molecule has 1 aliphatic carbocycles. The minimum atomic E-state index is -1.01. The number of hydrogen-bond donors (Lipinski definition) is 1. The van der Waals surface area contributed by atoms with Crippen molar-refractivity contribution in [3.8, 4) is 5.75 Å². The summed E-state index contributed by atoms with van der Waals surface area (Å²) in [4.78, 5) is 11.6. The van der Waals surface area contributed by atoms with E-state index in [-0.39, 0.29) is 18.0 Å². The molecule has 1 saturated carbocycles. The summed E-state index contributed by atoms with van der Waals surface area (Å²) in [5.74, 6) is -0.629. The predicted molar refractivity (Wildman–Crippen MR) is 75.5 cm³/mol. The Kier molecular flexibility index (Phi) is 4.43. The molecule has 2 fully saturated rings. The number of ether oxygens (including phenoxy) is 2. The molecule has 1 unspecified atom stereocenters. The summed E-state index contributed by atoms with van der Waals surface area (Å²) >= 11 is 0. The minimum Gasteiger partial charge on any atom is -0.486 e. The fraction of sp³-hybridized carbons (Fsp3) is 0.733. The molecule has 1 aromatic heterocycles. The maximum Gasteiger partial charge on any atom is 0.358 e. The number of carboxylic acids is 1. The van der Waals surface area contributed by atoms with Gasteiger partial charge in [-0.2, -0.15) is 5.10 Å². The highest BCUT2D eigenvalue weighted by molar-refractivity contribution is 5.88. The van der Waals surface area contributed by atoms with Crippen LogP contribution in [0.4, 0.5) is 0 Å². The van der Waals surface area contributed by atoms with E-state index in [1.165, 1.54) is 17.3 Å². The van der Waals surface area contributed by atoms with Crippen LogP contribution in [0.1, 0.15) is 68.1 Å².